The molecule has 0 aliphatic heterocycles. The summed E-state index contributed by atoms with van der Waals surface area (Å²) in [5.74, 6) is -1.17. The maximum Gasteiger partial charge on any atom is 0.446 e. The van der Waals surface area contributed by atoms with Gasteiger partial charge in [0.2, 0.25) is 0 Å². The molecule has 0 bridgehead atoms. The van der Waals surface area contributed by atoms with Gasteiger partial charge in [-0.2, -0.15) is 13.2 Å². The molecule has 2 aromatic carbocycles. The van der Waals surface area contributed by atoms with E-state index in [1.165, 1.54) is 49.5 Å². The minimum atomic E-state index is -4.51. The average molecular weight is 389 g/mol. The SMILES string of the molecule is CNC(=O)c1cc(NC(=O)c2ccccc2SC(F)(F)F)ccc1Cl. The van der Waals surface area contributed by atoms with Crippen LogP contribution in [0.5, 0.6) is 0 Å². The second kappa shape index (κ2) is 7.79. The van der Waals surface area contributed by atoms with E-state index in [1.54, 1.807) is 0 Å². The molecule has 132 valence electrons. The fourth-order valence-electron chi connectivity index (χ4n) is 1.98. The largest absolute Gasteiger partial charge is 0.446 e. The maximum absolute atomic E-state index is 12.6. The van der Waals surface area contributed by atoms with Crippen LogP contribution in [0.2, 0.25) is 5.02 Å². The van der Waals surface area contributed by atoms with Crippen LogP contribution in [-0.2, 0) is 0 Å². The third kappa shape index (κ3) is 5.14. The first-order valence-electron chi connectivity index (χ1n) is 6.89. The van der Waals surface area contributed by atoms with Crippen LogP contribution >= 0.6 is 23.4 Å². The quantitative estimate of drug-likeness (QED) is 0.755. The lowest BCUT2D eigenvalue weighted by Gasteiger charge is -2.12. The number of nitrogens with one attached hydrogen (secondary N) is 2. The molecule has 0 saturated heterocycles. The van der Waals surface area contributed by atoms with Gasteiger partial charge in [-0.25, -0.2) is 0 Å². The minimum Gasteiger partial charge on any atom is -0.355 e. The first-order valence-corrected chi connectivity index (χ1v) is 8.08. The van der Waals surface area contributed by atoms with E-state index in [2.05, 4.69) is 10.6 Å². The summed E-state index contributed by atoms with van der Waals surface area (Å²) >= 11 is 5.55. The van der Waals surface area contributed by atoms with Crippen LogP contribution in [0.15, 0.2) is 47.4 Å². The third-order valence-corrected chi connectivity index (χ3v) is 4.19. The van der Waals surface area contributed by atoms with Crippen molar-refractivity contribution in [3.8, 4) is 0 Å². The summed E-state index contributed by atoms with van der Waals surface area (Å²) in [5.41, 5.74) is -4.26. The van der Waals surface area contributed by atoms with Gasteiger partial charge in [0.1, 0.15) is 0 Å². The molecule has 4 nitrogen and oxygen atoms in total. The van der Waals surface area contributed by atoms with Crippen LogP contribution < -0.4 is 10.6 Å². The van der Waals surface area contributed by atoms with Crippen molar-refractivity contribution in [2.24, 2.45) is 0 Å². The first-order chi connectivity index (χ1) is 11.7. The van der Waals surface area contributed by atoms with Crippen LogP contribution in [0.4, 0.5) is 18.9 Å². The number of benzene rings is 2. The number of amides is 2. The number of anilines is 1. The zero-order chi connectivity index (χ0) is 18.6. The Balaban J connectivity index is 2.28. The van der Waals surface area contributed by atoms with Gasteiger partial charge in [0.05, 0.1) is 16.1 Å². The summed E-state index contributed by atoms with van der Waals surface area (Å²) in [6, 6.07) is 9.59. The fraction of sp³-hybridized carbons (Fsp3) is 0.125. The maximum atomic E-state index is 12.6. The van der Waals surface area contributed by atoms with Crippen LogP contribution in [0.3, 0.4) is 0 Å². The van der Waals surface area contributed by atoms with Gasteiger partial charge < -0.3 is 10.6 Å². The van der Waals surface area contributed by atoms with E-state index in [0.717, 1.165) is 0 Å². The highest BCUT2D eigenvalue weighted by atomic mass is 35.5. The van der Waals surface area contributed by atoms with Gasteiger partial charge in [-0.1, -0.05) is 23.7 Å². The smallest absolute Gasteiger partial charge is 0.355 e. The highest BCUT2D eigenvalue weighted by Crippen LogP contribution is 2.38. The van der Waals surface area contributed by atoms with E-state index >= 15 is 0 Å². The molecule has 25 heavy (non-hydrogen) atoms. The van der Waals surface area contributed by atoms with E-state index in [9.17, 15) is 22.8 Å². The standard InChI is InChI=1S/C16H12ClF3N2O2S/c1-21-14(23)11-8-9(6-7-12(11)17)22-15(24)10-4-2-3-5-13(10)25-16(18,19)20/h2-8H,1H3,(H,21,23)(H,22,24). The predicted octanol–water partition coefficient (Wildman–Crippen LogP) is 4.56. The monoisotopic (exact) mass is 388 g/mol. The molecule has 0 heterocycles. The molecule has 0 atom stereocenters. The zero-order valence-electron chi connectivity index (χ0n) is 12.8. The number of halogens is 4. The van der Waals surface area contributed by atoms with Gasteiger partial charge in [-0.05, 0) is 42.1 Å². The number of hydrogen-bond donors (Lipinski definition) is 2. The lowest BCUT2D eigenvalue weighted by Crippen LogP contribution is -2.19. The average Bonchev–Trinajstić information content (AvgIpc) is 2.54. The van der Waals surface area contributed by atoms with Crippen LogP contribution in [0.1, 0.15) is 20.7 Å². The highest BCUT2D eigenvalue weighted by molar-refractivity contribution is 8.00. The molecule has 9 heteroatoms. The fourth-order valence-corrected chi connectivity index (χ4v) is 2.85. The van der Waals surface area contributed by atoms with Gasteiger partial charge in [-0.3, -0.25) is 9.59 Å². The van der Waals surface area contributed by atoms with Crippen molar-refractivity contribution >= 4 is 40.9 Å². The third-order valence-electron chi connectivity index (χ3n) is 3.05. The van der Waals surface area contributed by atoms with Gasteiger partial charge in [0.15, 0.2) is 0 Å². The molecule has 0 aromatic heterocycles. The van der Waals surface area contributed by atoms with E-state index in [0.29, 0.717) is 0 Å². The Labute approximate surface area is 150 Å². The Morgan fingerprint density at radius 2 is 1.72 bits per heavy atom. The second-order valence-electron chi connectivity index (χ2n) is 4.77. The predicted molar refractivity (Wildman–Crippen MR) is 91.1 cm³/mol. The molecule has 0 aliphatic rings. The molecule has 2 aromatic rings. The van der Waals surface area contributed by atoms with Gasteiger partial charge in [0.25, 0.3) is 11.8 Å². The number of carbonyl (C=O) groups is 2. The van der Waals surface area contributed by atoms with Gasteiger partial charge >= 0.3 is 5.51 Å². The van der Waals surface area contributed by atoms with Crippen molar-refractivity contribution in [1.29, 1.82) is 0 Å². The van der Waals surface area contributed by atoms with Gasteiger partial charge in [0, 0.05) is 17.6 Å². The van der Waals surface area contributed by atoms with Crippen molar-refractivity contribution in [2.45, 2.75) is 10.4 Å². The lowest BCUT2D eigenvalue weighted by atomic mass is 10.1. The Morgan fingerprint density at radius 1 is 1.04 bits per heavy atom. The van der Waals surface area contributed by atoms with Crippen molar-refractivity contribution in [2.75, 3.05) is 12.4 Å². The Bertz CT molecular complexity index is 812. The van der Waals surface area contributed by atoms with Crippen molar-refractivity contribution in [3.05, 3.63) is 58.6 Å². The molecular formula is C16H12ClF3N2O2S. The molecule has 2 amide bonds. The Kier molecular flexibility index (Phi) is 5.97. The summed E-state index contributed by atoms with van der Waals surface area (Å²) in [5, 5.41) is 5.06. The summed E-state index contributed by atoms with van der Waals surface area (Å²) in [4.78, 5) is 23.8. The molecule has 0 radical (unpaired) electrons. The molecule has 0 spiro atoms. The molecular weight excluding hydrogens is 377 g/mol. The molecule has 0 aliphatic carbocycles. The summed E-state index contributed by atoms with van der Waals surface area (Å²) in [6.07, 6.45) is 0. The lowest BCUT2D eigenvalue weighted by molar-refractivity contribution is -0.0328. The molecule has 2 N–H and O–H groups in total. The molecule has 0 saturated carbocycles. The van der Waals surface area contributed by atoms with E-state index in [4.69, 9.17) is 11.6 Å². The Morgan fingerprint density at radius 3 is 2.36 bits per heavy atom. The minimum absolute atomic E-state index is 0.124. The second-order valence-corrected chi connectivity index (χ2v) is 6.29. The summed E-state index contributed by atoms with van der Waals surface area (Å²) in [6.45, 7) is 0. The number of rotatable bonds is 4. The normalized spacial score (nSPS) is 11.1. The number of hydrogen-bond acceptors (Lipinski definition) is 3. The van der Waals surface area contributed by atoms with Crippen LogP contribution in [-0.4, -0.2) is 24.4 Å². The zero-order valence-corrected chi connectivity index (χ0v) is 14.4. The topological polar surface area (TPSA) is 58.2 Å². The molecule has 0 fully saturated rings. The van der Waals surface area contributed by atoms with Crippen molar-refractivity contribution < 1.29 is 22.8 Å². The highest BCUT2D eigenvalue weighted by Gasteiger charge is 2.31. The summed E-state index contributed by atoms with van der Waals surface area (Å²) in [7, 11) is 1.43. The number of thioether (sulfide) groups is 1. The van der Waals surface area contributed by atoms with E-state index in [1.807, 2.05) is 0 Å². The van der Waals surface area contributed by atoms with E-state index < -0.39 is 17.3 Å². The Hall–Kier alpha value is -2.19. The van der Waals surface area contributed by atoms with Gasteiger partial charge in [-0.15, -0.1) is 0 Å². The first kappa shape index (κ1) is 19.1. The van der Waals surface area contributed by atoms with Crippen LogP contribution in [0.25, 0.3) is 0 Å². The van der Waals surface area contributed by atoms with Crippen molar-refractivity contribution in [1.82, 2.24) is 5.32 Å². The number of alkyl halides is 3. The number of carbonyl (C=O) groups excluding carboxylic acids is 2. The van der Waals surface area contributed by atoms with E-state index in [-0.39, 0.29) is 38.5 Å². The summed E-state index contributed by atoms with van der Waals surface area (Å²) < 4.78 is 37.8. The van der Waals surface area contributed by atoms with Crippen LogP contribution in [0, 0.1) is 0 Å². The molecule has 0 unspecified atom stereocenters. The van der Waals surface area contributed by atoms with Crippen molar-refractivity contribution in [3.63, 3.8) is 0 Å². The molecule has 2 rings (SSSR count).